The summed E-state index contributed by atoms with van der Waals surface area (Å²) in [6.45, 7) is 4.94. The van der Waals surface area contributed by atoms with Gasteiger partial charge in [-0.05, 0) is 30.5 Å². The Labute approximate surface area is 111 Å². The van der Waals surface area contributed by atoms with Crippen molar-refractivity contribution in [3.05, 3.63) is 28.2 Å². The molecule has 0 radical (unpaired) electrons. The molecule has 0 aliphatic rings. The van der Waals surface area contributed by atoms with Crippen LogP contribution in [0, 0.1) is 5.92 Å². The van der Waals surface area contributed by atoms with Crippen LogP contribution in [-0.4, -0.2) is 29.5 Å². The second-order valence-electron chi connectivity index (χ2n) is 4.57. The van der Waals surface area contributed by atoms with Gasteiger partial charge in [0.25, 0.3) is 5.91 Å². The van der Waals surface area contributed by atoms with Crippen LogP contribution in [-0.2, 0) is 0 Å². The predicted octanol–water partition coefficient (Wildman–Crippen LogP) is 3.27. The Kier molecular flexibility index (Phi) is 5.00. The van der Waals surface area contributed by atoms with E-state index in [0.717, 1.165) is 10.9 Å². The maximum atomic E-state index is 12.0. The van der Waals surface area contributed by atoms with Crippen LogP contribution in [0.1, 0.15) is 30.6 Å². The van der Waals surface area contributed by atoms with Crippen molar-refractivity contribution in [1.29, 1.82) is 0 Å². The lowest BCUT2D eigenvalue weighted by molar-refractivity contribution is 0.0786. The van der Waals surface area contributed by atoms with Crippen molar-refractivity contribution < 1.29 is 9.90 Å². The molecule has 1 N–H and O–H groups in total. The first-order valence-electron chi connectivity index (χ1n) is 5.65. The van der Waals surface area contributed by atoms with Crippen molar-refractivity contribution in [1.82, 2.24) is 4.90 Å². The number of phenolic OH excluding ortho intramolecular Hbond substituents is 1. The fourth-order valence-electron chi connectivity index (χ4n) is 1.44. The van der Waals surface area contributed by atoms with Gasteiger partial charge in [0.2, 0.25) is 0 Å². The van der Waals surface area contributed by atoms with E-state index in [1.54, 1.807) is 24.1 Å². The molecule has 0 heterocycles. The van der Waals surface area contributed by atoms with E-state index in [0.29, 0.717) is 18.0 Å². The first kappa shape index (κ1) is 14.0. The number of benzene rings is 1. The van der Waals surface area contributed by atoms with E-state index in [1.807, 2.05) is 0 Å². The third-order valence-corrected chi connectivity index (χ3v) is 3.07. The largest absolute Gasteiger partial charge is 0.507 e. The van der Waals surface area contributed by atoms with Gasteiger partial charge in [0, 0.05) is 18.1 Å². The van der Waals surface area contributed by atoms with Gasteiger partial charge >= 0.3 is 0 Å². The highest BCUT2D eigenvalue weighted by molar-refractivity contribution is 9.10. The first-order chi connectivity index (χ1) is 7.91. The number of amides is 1. The van der Waals surface area contributed by atoms with Crippen LogP contribution in [0.15, 0.2) is 22.7 Å². The van der Waals surface area contributed by atoms with Crippen molar-refractivity contribution in [3.8, 4) is 5.75 Å². The van der Waals surface area contributed by atoms with Gasteiger partial charge in [-0.15, -0.1) is 0 Å². The summed E-state index contributed by atoms with van der Waals surface area (Å²) < 4.78 is 0.761. The van der Waals surface area contributed by atoms with E-state index in [-0.39, 0.29) is 11.7 Å². The summed E-state index contributed by atoms with van der Waals surface area (Å²) in [6, 6.07) is 4.92. The fourth-order valence-corrected chi connectivity index (χ4v) is 1.79. The maximum Gasteiger partial charge on any atom is 0.257 e. The van der Waals surface area contributed by atoms with Gasteiger partial charge in [-0.2, -0.15) is 0 Å². The lowest BCUT2D eigenvalue weighted by Gasteiger charge is -2.18. The SMILES string of the molecule is CC(C)CCN(C)C(=O)c1ccc(Br)cc1O. The highest BCUT2D eigenvalue weighted by atomic mass is 79.9. The Morgan fingerprint density at radius 3 is 2.65 bits per heavy atom. The summed E-state index contributed by atoms with van der Waals surface area (Å²) in [4.78, 5) is 13.7. The molecule has 0 aliphatic carbocycles. The molecule has 4 heteroatoms. The average molecular weight is 300 g/mol. The van der Waals surface area contributed by atoms with Crippen LogP contribution >= 0.6 is 15.9 Å². The molecule has 0 fully saturated rings. The predicted molar refractivity (Wildman–Crippen MR) is 72.2 cm³/mol. The normalized spacial score (nSPS) is 10.6. The zero-order valence-electron chi connectivity index (χ0n) is 10.4. The molecule has 94 valence electrons. The highest BCUT2D eigenvalue weighted by Gasteiger charge is 2.15. The Bertz CT molecular complexity index is 404. The quantitative estimate of drug-likeness (QED) is 0.927. The monoisotopic (exact) mass is 299 g/mol. The van der Waals surface area contributed by atoms with Crippen molar-refractivity contribution in [2.75, 3.05) is 13.6 Å². The number of hydrogen-bond donors (Lipinski definition) is 1. The molecule has 3 nitrogen and oxygen atoms in total. The van der Waals surface area contributed by atoms with Crippen molar-refractivity contribution >= 4 is 21.8 Å². The molecular formula is C13H18BrNO2. The number of carbonyl (C=O) groups excluding carboxylic acids is 1. The smallest absolute Gasteiger partial charge is 0.257 e. The Balaban J connectivity index is 2.75. The number of nitrogens with zero attached hydrogens (tertiary/aromatic N) is 1. The third kappa shape index (κ3) is 4.04. The molecule has 17 heavy (non-hydrogen) atoms. The zero-order chi connectivity index (χ0) is 13.0. The average Bonchev–Trinajstić information content (AvgIpc) is 2.25. The number of hydrogen-bond acceptors (Lipinski definition) is 2. The van der Waals surface area contributed by atoms with Gasteiger partial charge in [0.1, 0.15) is 5.75 Å². The minimum atomic E-state index is -0.143. The highest BCUT2D eigenvalue weighted by Crippen LogP contribution is 2.23. The number of phenols is 1. The molecule has 1 amide bonds. The molecule has 0 spiro atoms. The summed E-state index contributed by atoms with van der Waals surface area (Å²) >= 11 is 3.25. The number of carbonyl (C=O) groups is 1. The van der Waals surface area contributed by atoms with Crippen LogP contribution in [0.3, 0.4) is 0 Å². The summed E-state index contributed by atoms with van der Waals surface area (Å²) in [5.74, 6) is 0.431. The molecule has 0 saturated carbocycles. The van der Waals surface area contributed by atoms with E-state index in [2.05, 4.69) is 29.8 Å². The van der Waals surface area contributed by atoms with Crippen LogP contribution in [0.5, 0.6) is 5.75 Å². The second kappa shape index (κ2) is 6.05. The zero-order valence-corrected chi connectivity index (χ0v) is 12.0. The van der Waals surface area contributed by atoms with Gasteiger partial charge < -0.3 is 10.0 Å². The second-order valence-corrected chi connectivity index (χ2v) is 5.49. The van der Waals surface area contributed by atoms with Crippen LogP contribution in [0.25, 0.3) is 0 Å². The topological polar surface area (TPSA) is 40.5 Å². The van der Waals surface area contributed by atoms with E-state index >= 15 is 0 Å². The van der Waals surface area contributed by atoms with Crippen molar-refractivity contribution in [2.24, 2.45) is 5.92 Å². The summed E-state index contributed by atoms with van der Waals surface area (Å²) in [7, 11) is 1.76. The van der Waals surface area contributed by atoms with Crippen LogP contribution in [0.4, 0.5) is 0 Å². The molecule has 0 atom stereocenters. The van der Waals surface area contributed by atoms with E-state index in [1.165, 1.54) is 6.07 Å². The molecule has 0 unspecified atom stereocenters. The van der Waals surface area contributed by atoms with Gasteiger partial charge in [0.15, 0.2) is 0 Å². The van der Waals surface area contributed by atoms with Gasteiger partial charge in [-0.25, -0.2) is 0 Å². The molecule has 1 rings (SSSR count). The first-order valence-corrected chi connectivity index (χ1v) is 6.45. The van der Waals surface area contributed by atoms with E-state index in [4.69, 9.17) is 0 Å². The standard InChI is InChI=1S/C13H18BrNO2/c1-9(2)6-7-15(3)13(17)11-5-4-10(14)8-12(11)16/h4-5,8-9,16H,6-7H2,1-3H3. The Morgan fingerprint density at radius 1 is 1.47 bits per heavy atom. The van der Waals surface area contributed by atoms with Crippen LogP contribution in [0.2, 0.25) is 0 Å². The third-order valence-electron chi connectivity index (χ3n) is 2.58. The van der Waals surface area contributed by atoms with E-state index < -0.39 is 0 Å². The van der Waals surface area contributed by atoms with E-state index in [9.17, 15) is 9.90 Å². The van der Waals surface area contributed by atoms with Crippen molar-refractivity contribution in [3.63, 3.8) is 0 Å². The lowest BCUT2D eigenvalue weighted by Crippen LogP contribution is -2.28. The maximum absolute atomic E-state index is 12.0. The Morgan fingerprint density at radius 2 is 2.12 bits per heavy atom. The molecular weight excluding hydrogens is 282 g/mol. The molecule has 0 saturated heterocycles. The molecule has 0 aliphatic heterocycles. The van der Waals surface area contributed by atoms with Gasteiger partial charge in [0.05, 0.1) is 5.56 Å². The number of aromatic hydroxyl groups is 1. The van der Waals surface area contributed by atoms with Gasteiger partial charge in [-0.1, -0.05) is 29.8 Å². The summed E-state index contributed by atoms with van der Waals surface area (Å²) in [5.41, 5.74) is 0.347. The molecule has 0 aromatic heterocycles. The molecule has 0 bridgehead atoms. The number of rotatable bonds is 4. The van der Waals surface area contributed by atoms with Crippen molar-refractivity contribution in [2.45, 2.75) is 20.3 Å². The summed E-state index contributed by atoms with van der Waals surface area (Å²) in [5, 5.41) is 9.71. The minimum absolute atomic E-state index is 0.0146. The van der Waals surface area contributed by atoms with Gasteiger partial charge in [-0.3, -0.25) is 4.79 Å². The molecule has 1 aromatic carbocycles. The van der Waals surface area contributed by atoms with Crippen LogP contribution < -0.4 is 0 Å². The fraction of sp³-hybridized carbons (Fsp3) is 0.462. The summed E-state index contributed by atoms with van der Waals surface area (Å²) in [6.07, 6.45) is 0.958. The minimum Gasteiger partial charge on any atom is -0.507 e. The number of halogens is 1. The Hall–Kier alpha value is -1.03. The lowest BCUT2D eigenvalue weighted by atomic mass is 10.1. The molecule has 1 aromatic rings.